The molecule has 2 aromatic carbocycles. The Hall–Kier alpha value is -3.26. The van der Waals surface area contributed by atoms with E-state index in [-0.39, 0.29) is 6.42 Å². The Kier molecular flexibility index (Phi) is 6.56. The first-order valence-corrected chi connectivity index (χ1v) is 10.3. The van der Waals surface area contributed by atoms with Crippen LogP contribution in [-0.2, 0) is 4.79 Å². The van der Waals surface area contributed by atoms with Crippen LogP contribution in [0.25, 0.3) is 22.1 Å². The Bertz CT molecular complexity index is 1100. The van der Waals surface area contributed by atoms with Crippen molar-refractivity contribution in [2.24, 2.45) is 0 Å². The average Bonchev–Trinajstić information content (AvgIpc) is 2.70. The van der Waals surface area contributed by atoms with E-state index in [1.165, 1.54) is 11.8 Å². The van der Waals surface area contributed by atoms with Gasteiger partial charge in [-0.05, 0) is 48.3 Å². The van der Waals surface area contributed by atoms with Crippen molar-refractivity contribution in [1.29, 1.82) is 0 Å². The van der Waals surface area contributed by atoms with Gasteiger partial charge < -0.3 is 25.0 Å². The van der Waals surface area contributed by atoms with Gasteiger partial charge in [-0.1, -0.05) is 30.3 Å². The molecule has 0 spiro atoms. The zero-order valence-electron chi connectivity index (χ0n) is 15.6. The second-order valence-electron chi connectivity index (χ2n) is 6.32. The number of nitrogens with one attached hydrogen (secondary N) is 2. The van der Waals surface area contributed by atoms with Gasteiger partial charge in [0.15, 0.2) is 0 Å². The number of hydrogen-bond acceptors (Lipinski definition) is 6. The Balaban J connectivity index is 1.79. The van der Waals surface area contributed by atoms with Crippen molar-refractivity contribution < 1.29 is 19.1 Å². The number of anilines is 1. The molecule has 1 atom stereocenters. The van der Waals surface area contributed by atoms with Crippen LogP contribution in [0.1, 0.15) is 6.42 Å². The van der Waals surface area contributed by atoms with Gasteiger partial charge >= 0.3 is 11.7 Å². The first-order chi connectivity index (χ1) is 14.0. The average molecular weight is 411 g/mol. The molecular formula is C21H19N2O5S-. The fourth-order valence-corrected chi connectivity index (χ4v) is 3.31. The van der Waals surface area contributed by atoms with Crippen molar-refractivity contribution in [2.75, 3.05) is 17.3 Å². The predicted molar refractivity (Wildman–Crippen MR) is 112 cm³/mol. The van der Waals surface area contributed by atoms with Crippen LogP contribution in [0.3, 0.4) is 0 Å². The second-order valence-corrected chi connectivity index (χ2v) is 7.30. The Morgan fingerprint density at radius 3 is 2.69 bits per heavy atom. The molecule has 0 unspecified atom stereocenters. The number of benzene rings is 2. The zero-order valence-corrected chi connectivity index (χ0v) is 16.5. The lowest BCUT2D eigenvalue weighted by atomic mass is 10.1. The maximum Gasteiger partial charge on any atom is 0.344 e. The van der Waals surface area contributed by atoms with E-state index < -0.39 is 23.7 Å². The number of thioether (sulfide) groups is 1. The smallest absolute Gasteiger partial charge is 0.344 e. The molecule has 0 saturated heterocycles. The van der Waals surface area contributed by atoms with Crippen molar-refractivity contribution >= 4 is 40.4 Å². The van der Waals surface area contributed by atoms with E-state index >= 15 is 0 Å². The number of carboxylic acids is 1. The molecule has 3 rings (SSSR count). The van der Waals surface area contributed by atoms with E-state index in [9.17, 15) is 19.5 Å². The molecule has 0 bridgehead atoms. The highest BCUT2D eigenvalue weighted by molar-refractivity contribution is 7.98. The number of amides is 2. The number of urea groups is 1. The molecule has 150 valence electrons. The standard InChI is InChI=1S/C21H20N2O5S/c1-29-10-9-17(19(24)25)23-21(27)22-15-7-4-6-13(11-15)16-12-14-5-2-3-8-18(14)28-20(16)26/h2-8,11-12,17H,9-10H2,1H3,(H,24,25)(H2,22,23,27)/p-1/t17-/m0/s1. The first kappa shape index (κ1) is 20.5. The molecule has 8 heteroatoms. The molecule has 1 aromatic heterocycles. The molecule has 1 heterocycles. The maximum absolute atomic E-state index is 12.3. The van der Waals surface area contributed by atoms with Gasteiger partial charge in [0.2, 0.25) is 0 Å². The third-order valence-electron chi connectivity index (χ3n) is 4.27. The number of carbonyl (C=O) groups is 2. The molecule has 0 aliphatic rings. The highest BCUT2D eigenvalue weighted by Gasteiger charge is 2.14. The number of carboxylic acid groups (broad SMARTS) is 1. The van der Waals surface area contributed by atoms with E-state index in [4.69, 9.17) is 4.42 Å². The van der Waals surface area contributed by atoms with Gasteiger partial charge in [0.05, 0.1) is 17.6 Å². The number of para-hydroxylation sites is 1. The van der Waals surface area contributed by atoms with E-state index in [1.54, 1.807) is 42.5 Å². The van der Waals surface area contributed by atoms with Crippen LogP contribution >= 0.6 is 11.8 Å². The van der Waals surface area contributed by atoms with Crippen LogP contribution in [0.2, 0.25) is 0 Å². The van der Waals surface area contributed by atoms with Crippen LogP contribution in [-0.4, -0.2) is 30.1 Å². The lowest BCUT2D eigenvalue weighted by Crippen LogP contribution is -2.49. The molecule has 0 radical (unpaired) electrons. The predicted octanol–water partition coefficient (Wildman–Crippen LogP) is 2.45. The van der Waals surface area contributed by atoms with E-state index in [0.29, 0.717) is 28.2 Å². The van der Waals surface area contributed by atoms with Gasteiger partial charge in [-0.3, -0.25) is 0 Å². The van der Waals surface area contributed by atoms with Crippen molar-refractivity contribution in [1.82, 2.24) is 5.32 Å². The van der Waals surface area contributed by atoms with Gasteiger partial charge in [0, 0.05) is 11.1 Å². The van der Waals surface area contributed by atoms with Crippen LogP contribution in [0.5, 0.6) is 0 Å². The first-order valence-electron chi connectivity index (χ1n) is 8.88. The molecular weight excluding hydrogens is 392 g/mol. The van der Waals surface area contributed by atoms with Crippen molar-refractivity contribution in [3.8, 4) is 11.1 Å². The van der Waals surface area contributed by atoms with E-state index in [0.717, 1.165) is 5.39 Å². The summed E-state index contributed by atoms with van der Waals surface area (Å²) >= 11 is 1.48. The summed E-state index contributed by atoms with van der Waals surface area (Å²) in [4.78, 5) is 35.7. The molecule has 0 fully saturated rings. The van der Waals surface area contributed by atoms with E-state index in [2.05, 4.69) is 10.6 Å². The molecule has 7 nitrogen and oxygen atoms in total. The van der Waals surface area contributed by atoms with Crippen molar-refractivity contribution in [3.63, 3.8) is 0 Å². The number of carbonyl (C=O) groups excluding carboxylic acids is 2. The molecule has 3 aromatic rings. The van der Waals surface area contributed by atoms with Crippen molar-refractivity contribution in [3.05, 3.63) is 65.0 Å². The Morgan fingerprint density at radius 1 is 1.14 bits per heavy atom. The van der Waals surface area contributed by atoms with Crippen molar-refractivity contribution in [2.45, 2.75) is 12.5 Å². The minimum Gasteiger partial charge on any atom is -0.548 e. The summed E-state index contributed by atoms with van der Waals surface area (Å²) in [5.41, 5.74) is 1.35. The topological polar surface area (TPSA) is 111 Å². The Morgan fingerprint density at radius 2 is 1.93 bits per heavy atom. The normalized spacial score (nSPS) is 11.8. The minimum atomic E-state index is -1.34. The van der Waals surface area contributed by atoms with Gasteiger partial charge in [-0.25, -0.2) is 9.59 Å². The summed E-state index contributed by atoms with van der Waals surface area (Å²) in [5.74, 6) is -0.761. The number of fused-ring (bicyclic) bond motifs is 1. The van der Waals surface area contributed by atoms with E-state index in [1.807, 2.05) is 18.4 Å². The zero-order chi connectivity index (χ0) is 20.8. The summed E-state index contributed by atoms with van der Waals surface area (Å²) in [7, 11) is 0. The van der Waals surface area contributed by atoms with Gasteiger partial charge in [0.25, 0.3) is 0 Å². The van der Waals surface area contributed by atoms with Crippen LogP contribution in [0.15, 0.2) is 63.8 Å². The Labute approximate surface area is 171 Å². The van der Waals surface area contributed by atoms with Crippen LogP contribution in [0, 0.1) is 0 Å². The van der Waals surface area contributed by atoms with Gasteiger partial charge in [0.1, 0.15) is 5.58 Å². The third kappa shape index (κ3) is 5.17. The summed E-state index contributed by atoms with van der Waals surface area (Å²) in [5, 5.41) is 16.9. The highest BCUT2D eigenvalue weighted by Crippen LogP contribution is 2.23. The molecule has 0 aliphatic carbocycles. The summed E-state index contributed by atoms with van der Waals surface area (Å²) in [6.07, 6.45) is 2.11. The summed E-state index contributed by atoms with van der Waals surface area (Å²) < 4.78 is 5.36. The number of rotatable bonds is 7. The highest BCUT2D eigenvalue weighted by atomic mass is 32.2. The quantitative estimate of drug-likeness (QED) is 0.578. The molecule has 0 aliphatic heterocycles. The molecule has 0 saturated carbocycles. The monoisotopic (exact) mass is 411 g/mol. The molecule has 29 heavy (non-hydrogen) atoms. The second kappa shape index (κ2) is 9.29. The fraction of sp³-hybridized carbons (Fsp3) is 0.190. The van der Waals surface area contributed by atoms with Gasteiger partial charge in [-0.15, -0.1) is 0 Å². The number of hydrogen-bond donors (Lipinski definition) is 2. The largest absolute Gasteiger partial charge is 0.548 e. The minimum absolute atomic E-state index is 0.259. The third-order valence-corrected chi connectivity index (χ3v) is 4.92. The lowest BCUT2D eigenvalue weighted by Gasteiger charge is -2.19. The fourth-order valence-electron chi connectivity index (χ4n) is 2.84. The molecule has 2 N–H and O–H groups in total. The SMILES string of the molecule is CSCC[C@H](NC(=O)Nc1cccc(-c2cc3ccccc3oc2=O)c1)C(=O)[O-]. The maximum atomic E-state index is 12.3. The summed E-state index contributed by atoms with van der Waals surface area (Å²) in [6.45, 7) is 0. The summed E-state index contributed by atoms with van der Waals surface area (Å²) in [6, 6.07) is 13.8. The molecule has 2 amide bonds. The van der Waals surface area contributed by atoms with Crippen LogP contribution < -0.4 is 21.4 Å². The number of aliphatic carboxylic acids is 1. The van der Waals surface area contributed by atoms with Crippen LogP contribution in [0.4, 0.5) is 10.5 Å². The lowest BCUT2D eigenvalue weighted by molar-refractivity contribution is -0.308. The van der Waals surface area contributed by atoms with Gasteiger partial charge in [-0.2, -0.15) is 11.8 Å².